The molecular formula is C13H12F2N2O. The quantitative estimate of drug-likeness (QED) is 0.911. The molecule has 3 nitrogen and oxygen atoms in total. The van der Waals surface area contributed by atoms with Crippen LogP contribution in [0.5, 0.6) is 11.6 Å². The number of pyridine rings is 1. The van der Waals surface area contributed by atoms with Gasteiger partial charge in [0.05, 0.1) is 0 Å². The lowest BCUT2D eigenvalue weighted by atomic mass is 10.2. The average molecular weight is 250 g/mol. The van der Waals surface area contributed by atoms with Gasteiger partial charge in [-0.3, -0.25) is 0 Å². The molecule has 18 heavy (non-hydrogen) atoms. The zero-order valence-electron chi connectivity index (χ0n) is 9.78. The average Bonchev–Trinajstić information content (AvgIpc) is 2.32. The lowest BCUT2D eigenvalue weighted by Crippen LogP contribution is -2.00. The van der Waals surface area contributed by atoms with Crippen LogP contribution in [0.2, 0.25) is 0 Å². The summed E-state index contributed by atoms with van der Waals surface area (Å²) in [5.41, 5.74) is 7.08. The second-order valence-corrected chi connectivity index (χ2v) is 3.84. The van der Waals surface area contributed by atoms with Crippen LogP contribution in [-0.4, -0.2) is 4.98 Å². The SMILES string of the molecule is Cc1cc(CN)cc(Oc2ccc(F)cc2F)n1. The first-order valence-electron chi connectivity index (χ1n) is 5.39. The van der Waals surface area contributed by atoms with E-state index in [-0.39, 0.29) is 11.6 Å². The summed E-state index contributed by atoms with van der Waals surface area (Å²) in [7, 11) is 0. The van der Waals surface area contributed by atoms with E-state index in [0.29, 0.717) is 6.54 Å². The standard InChI is InChI=1S/C13H12F2N2O/c1-8-4-9(7-16)5-13(17-8)18-12-3-2-10(14)6-11(12)15/h2-6H,7,16H2,1H3. The Morgan fingerprint density at radius 2 is 2.00 bits per heavy atom. The summed E-state index contributed by atoms with van der Waals surface area (Å²) < 4.78 is 31.4. The Kier molecular flexibility index (Phi) is 3.53. The van der Waals surface area contributed by atoms with E-state index in [9.17, 15) is 8.78 Å². The summed E-state index contributed by atoms with van der Waals surface area (Å²) in [5, 5.41) is 0. The molecule has 0 bridgehead atoms. The van der Waals surface area contributed by atoms with Gasteiger partial charge in [0.15, 0.2) is 11.6 Å². The molecule has 2 rings (SSSR count). The lowest BCUT2D eigenvalue weighted by Gasteiger charge is -2.08. The van der Waals surface area contributed by atoms with Gasteiger partial charge in [-0.25, -0.2) is 13.8 Å². The molecule has 2 N–H and O–H groups in total. The summed E-state index contributed by atoms with van der Waals surface area (Å²) in [4.78, 5) is 4.10. The lowest BCUT2D eigenvalue weighted by molar-refractivity contribution is 0.422. The first-order chi connectivity index (χ1) is 8.58. The van der Waals surface area contributed by atoms with E-state index in [1.807, 2.05) is 6.07 Å². The van der Waals surface area contributed by atoms with Gasteiger partial charge >= 0.3 is 0 Å². The Labute approximate surface area is 103 Å². The molecule has 0 fully saturated rings. The molecule has 0 spiro atoms. The van der Waals surface area contributed by atoms with Gasteiger partial charge in [-0.2, -0.15) is 0 Å². The first kappa shape index (κ1) is 12.4. The number of halogens is 2. The van der Waals surface area contributed by atoms with E-state index in [2.05, 4.69) is 4.98 Å². The second kappa shape index (κ2) is 5.10. The van der Waals surface area contributed by atoms with Gasteiger partial charge in [-0.05, 0) is 30.7 Å². The van der Waals surface area contributed by atoms with E-state index in [1.54, 1.807) is 13.0 Å². The van der Waals surface area contributed by atoms with Crippen molar-refractivity contribution in [3.63, 3.8) is 0 Å². The van der Waals surface area contributed by atoms with Crippen molar-refractivity contribution in [1.82, 2.24) is 4.98 Å². The number of aromatic nitrogens is 1. The van der Waals surface area contributed by atoms with Gasteiger partial charge in [-0.15, -0.1) is 0 Å². The van der Waals surface area contributed by atoms with Gasteiger partial charge in [0.25, 0.3) is 0 Å². The maximum absolute atomic E-state index is 13.4. The zero-order valence-corrected chi connectivity index (χ0v) is 9.78. The highest BCUT2D eigenvalue weighted by molar-refractivity contribution is 5.31. The number of hydrogen-bond donors (Lipinski definition) is 1. The largest absolute Gasteiger partial charge is 0.436 e. The summed E-state index contributed by atoms with van der Waals surface area (Å²) in [6.07, 6.45) is 0. The van der Waals surface area contributed by atoms with Crippen molar-refractivity contribution in [2.24, 2.45) is 5.73 Å². The summed E-state index contributed by atoms with van der Waals surface area (Å²) >= 11 is 0. The van der Waals surface area contributed by atoms with Crippen molar-refractivity contribution in [2.45, 2.75) is 13.5 Å². The molecule has 94 valence electrons. The second-order valence-electron chi connectivity index (χ2n) is 3.84. The molecule has 1 heterocycles. The van der Waals surface area contributed by atoms with Crippen LogP contribution in [0.15, 0.2) is 30.3 Å². The minimum atomic E-state index is -0.771. The van der Waals surface area contributed by atoms with Gasteiger partial charge < -0.3 is 10.5 Å². The topological polar surface area (TPSA) is 48.1 Å². The Hall–Kier alpha value is -2.01. The van der Waals surface area contributed by atoms with E-state index in [4.69, 9.17) is 10.5 Å². The minimum absolute atomic E-state index is 0.0718. The predicted octanol–water partition coefficient (Wildman–Crippen LogP) is 2.92. The molecule has 0 saturated carbocycles. The van der Waals surface area contributed by atoms with Crippen molar-refractivity contribution >= 4 is 0 Å². The number of aryl methyl sites for hydroxylation is 1. The molecule has 0 amide bonds. The third kappa shape index (κ3) is 2.81. The molecule has 0 aliphatic rings. The molecular weight excluding hydrogens is 238 g/mol. The van der Waals surface area contributed by atoms with Crippen LogP contribution < -0.4 is 10.5 Å². The maximum atomic E-state index is 13.4. The third-order valence-corrected chi connectivity index (χ3v) is 2.33. The fourth-order valence-corrected chi connectivity index (χ4v) is 1.55. The van der Waals surface area contributed by atoms with Crippen LogP contribution in [0.1, 0.15) is 11.3 Å². The number of ether oxygens (including phenoxy) is 1. The summed E-state index contributed by atoms with van der Waals surface area (Å²) in [6.45, 7) is 2.12. The highest BCUT2D eigenvalue weighted by Crippen LogP contribution is 2.24. The summed E-state index contributed by atoms with van der Waals surface area (Å²) in [6, 6.07) is 6.54. The van der Waals surface area contributed by atoms with Crippen LogP contribution in [0.25, 0.3) is 0 Å². The van der Waals surface area contributed by atoms with Gasteiger partial charge in [-0.1, -0.05) is 0 Å². The highest BCUT2D eigenvalue weighted by atomic mass is 19.1. The van der Waals surface area contributed by atoms with Crippen molar-refractivity contribution < 1.29 is 13.5 Å². The third-order valence-electron chi connectivity index (χ3n) is 2.33. The molecule has 0 unspecified atom stereocenters. The van der Waals surface area contributed by atoms with Crippen molar-refractivity contribution in [3.05, 3.63) is 53.2 Å². The Morgan fingerprint density at radius 1 is 1.22 bits per heavy atom. The maximum Gasteiger partial charge on any atom is 0.219 e. The molecule has 0 aliphatic carbocycles. The van der Waals surface area contributed by atoms with Crippen molar-refractivity contribution in [2.75, 3.05) is 0 Å². The van der Waals surface area contributed by atoms with E-state index < -0.39 is 11.6 Å². The fourth-order valence-electron chi connectivity index (χ4n) is 1.55. The molecule has 0 atom stereocenters. The Bertz CT molecular complexity index is 573. The van der Waals surface area contributed by atoms with Gasteiger partial charge in [0.2, 0.25) is 5.88 Å². The van der Waals surface area contributed by atoms with Crippen molar-refractivity contribution in [1.29, 1.82) is 0 Å². The normalized spacial score (nSPS) is 10.4. The molecule has 5 heteroatoms. The molecule has 0 aliphatic heterocycles. The number of hydrogen-bond acceptors (Lipinski definition) is 3. The van der Waals surface area contributed by atoms with E-state index >= 15 is 0 Å². The molecule has 1 aromatic carbocycles. The number of nitrogens with two attached hydrogens (primary N) is 1. The van der Waals surface area contributed by atoms with Crippen LogP contribution in [0.4, 0.5) is 8.78 Å². The molecule has 0 radical (unpaired) electrons. The van der Waals surface area contributed by atoms with Gasteiger partial charge in [0.1, 0.15) is 5.82 Å². The summed E-state index contributed by atoms with van der Waals surface area (Å²) in [5.74, 6) is -1.26. The van der Waals surface area contributed by atoms with Crippen LogP contribution in [0, 0.1) is 18.6 Å². The zero-order chi connectivity index (χ0) is 13.1. The van der Waals surface area contributed by atoms with E-state index in [0.717, 1.165) is 23.4 Å². The predicted molar refractivity (Wildman–Crippen MR) is 63.3 cm³/mol. The monoisotopic (exact) mass is 250 g/mol. The minimum Gasteiger partial charge on any atom is -0.436 e. The number of nitrogens with zero attached hydrogens (tertiary/aromatic N) is 1. The molecule has 1 aromatic heterocycles. The molecule has 0 saturated heterocycles. The Morgan fingerprint density at radius 3 is 2.67 bits per heavy atom. The molecule has 2 aromatic rings. The number of benzene rings is 1. The van der Waals surface area contributed by atoms with Crippen LogP contribution >= 0.6 is 0 Å². The smallest absolute Gasteiger partial charge is 0.219 e. The first-order valence-corrected chi connectivity index (χ1v) is 5.39. The fraction of sp³-hybridized carbons (Fsp3) is 0.154. The van der Waals surface area contributed by atoms with E-state index in [1.165, 1.54) is 6.07 Å². The van der Waals surface area contributed by atoms with Gasteiger partial charge in [0, 0.05) is 24.4 Å². The van der Waals surface area contributed by atoms with Crippen LogP contribution in [0.3, 0.4) is 0 Å². The Balaban J connectivity index is 2.30. The van der Waals surface area contributed by atoms with Crippen LogP contribution in [-0.2, 0) is 6.54 Å². The number of rotatable bonds is 3. The highest BCUT2D eigenvalue weighted by Gasteiger charge is 2.08. The van der Waals surface area contributed by atoms with Crippen molar-refractivity contribution in [3.8, 4) is 11.6 Å².